The van der Waals surface area contributed by atoms with E-state index in [0.29, 0.717) is 35.7 Å². The lowest BCUT2D eigenvalue weighted by atomic mass is 9.67. The van der Waals surface area contributed by atoms with Crippen LogP contribution in [0.2, 0.25) is 5.02 Å². The van der Waals surface area contributed by atoms with Gasteiger partial charge in [-0.1, -0.05) is 48.9 Å². The van der Waals surface area contributed by atoms with Crippen LogP contribution in [0.4, 0.5) is 10.5 Å². The van der Waals surface area contributed by atoms with E-state index in [4.69, 9.17) is 27.8 Å². The molecule has 3 rings (SSSR count). The number of amides is 3. The van der Waals surface area contributed by atoms with Crippen molar-refractivity contribution in [1.82, 2.24) is 4.90 Å². The molecule has 1 aliphatic heterocycles. The zero-order valence-electron chi connectivity index (χ0n) is 19.3. The molecule has 9 heteroatoms. The lowest BCUT2D eigenvalue weighted by Gasteiger charge is -2.46. The fraction of sp³-hybridized carbons (Fsp3) is 0.400. The smallest absolute Gasteiger partial charge is 0.411 e. The van der Waals surface area contributed by atoms with E-state index in [-0.39, 0.29) is 25.6 Å². The predicted octanol–water partition coefficient (Wildman–Crippen LogP) is 3.29. The number of halogens is 1. The molecule has 2 aromatic rings. The van der Waals surface area contributed by atoms with Crippen LogP contribution in [0.1, 0.15) is 36.8 Å². The number of carbonyl (C=O) groups is 3. The number of carbonyl (C=O) groups excluding carboxylic acids is 3. The van der Waals surface area contributed by atoms with Gasteiger partial charge in [0.2, 0.25) is 11.8 Å². The molecule has 1 saturated heterocycles. The number of nitrogens with two attached hydrogens (primary N) is 2. The van der Waals surface area contributed by atoms with Crippen LogP contribution >= 0.6 is 11.6 Å². The summed E-state index contributed by atoms with van der Waals surface area (Å²) in [7, 11) is 0. The van der Waals surface area contributed by atoms with E-state index in [0.717, 1.165) is 12.0 Å². The van der Waals surface area contributed by atoms with Crippen LogP contribution in [-0.4, -0.2) is 49.0 Å². The summed E-state index contributed by atoms with van der Waals surface area (Å²) in [6.07, 6.45) is 1.34. The van der Waals surface area contributed by atoms with Gasteiger partial charge in [-0.05, 0) is 48.6 Å². The number of ether oxygens (including phenoxy) is 1. The number of anilines is 1. The van der Waals surface area contributed by atoms with Crippen molar-refractivity contribution in [3.05, 3.63) is 64.7 Å². The highest BCUT2D eigenvalue weighted by atomic mass is 35.5. The number of likely N-dealkylation sites (tertiary alicyclic amines) is 1. The van der Waals surface area contributed by atoms with Crippen LogP contribution in [0.3, 0.4) is 0 Å². The molecule has 0 saturated carbocycles. The Balaban J connectivity index is 1.88. The van der Waals surface area contributed by atoms with Crippen molar-refractivity contribution < 1.29 is 19.1 Å². The quantitative estimate of drug-likeness (QED) is 0.527. The van der Waals surface area contributed by atoms with E-state index in [2.05, 4.69) is 5.32 Å². The Kier molecular flexibility index (Phi) is 8.52. The normalized spacial score (nSPS) is 18.7. The van der Waals surface area contributed by atoms with Gasteiger partial charge in [0.1, 0.15) is 6.61 Å². The van der Waals surface area contributed by atoms with Crippen molar-refractivity contribution in [2.45, 2.75) is 32.1 Å². The third-order valence-electron chi connectivity index (χ3n) is 6.35. The predicted molar refractivity (Wildman–Crippen MR) is 131 cm³/mol. The first-order valence-corrected chi connectivity index (χ1v) is 11.7. The van der Waals surface area contributed by atoms with Gasteiger partial charge < -0.3 is 21.1 Å². The minimum Gasteiger partial charge on any atom is -0.449 e. The van der Waals surface area contributed by atoms with Gasteiger partial charge in [-0.2, -0.15) is 0 Å². The van der Waals surface area contributed by atoms with Gasteiger partial charge in [-0.25, -0.2) is 4.79 Å². The summed E-state index contributed by atoms with van der Waals surface area (Å²) in [5, 5.41) is 3.09. The van der Waals surface area contributed by atoms with Gasteiger partial charge in [0.25, 0.3) is 0 Å². The first-order chi connectivity index (χ1) is 16.3. The zero-order chi connectivity index (χ0) is 24.7. The summed E-state index contributed by atoms with van der Waals surface area (Å²) < 4.78 is 5.63. The molecule has 0 radical (unpaired) electrons. The second-order valence-corrected chi connectivity index (χ2v) is 9.00. The van der Waals surface area contributed by atoms with Gasteiger partial charge in [-0.3, -0.25) is 14.9 Å². The molecule has 1 fully saturated rings. The van der Waals surface area contributed by atoms with E-state index in [1.54, 1.807) is 41.3 Å². The number of hydrogen-bond acceptors (Lipinski definition) is 5. The Hall–Kier alpha value is -3.10. The summed E-state index contributed by atoms with van der Waals surface area (Å²) in [6.45, 7) is 2.44. The monoisotopic (exact) mass is 486 g/mol. The molecule has 2 aromatic carbocycles. The third kappa shape index (κ3) is 5.87. The largest absolute Gasteiger partial charge is 0.449 e. The Morgan fingerprint density at radius 2 is 1.88 bits per heavy atom. The number of hydrogen-bond donors (Lipinski definition) is 3. The van der Waals surface area contributed by atoms with Gasteiger partial charge in [0, 0.05) is 29.2 Å². The highest BCUT2D eigenvalue weighted by Gasteiger charge is 2.48. The van der Waals surface area contributed by atoms with Crippen LogP contribution < -0.4 is 16.8 Å². The van der Waals surface area contributed by atoms with Crippen molar-refractivity contribution in [3.63, 3.8) is 0 Å². The van der Waals surface area contributed by atoms with Crippen LogP contribution in [0.5, 0.6) is 0 Å². The zero-order valence-corrected chi connectivity index (χ0v) is 20.0. The van der Waals surface area contributed by atoms with E-state index in [9.17, 15) is 14.4 Å². The second-order valence-electron chi connectivity index (χ2n) is 8.59. The van der Waals surface area contributed by atoms with Crippen LogP contribution in [0, 0.1) is 5.41 Å². The van der Waals surface area contributed by atoms with E-state index in [1.165, 1.54) is 0 Å². The summed E-state index contributed by atoms with van der Waals surface area (Å²) >= 11 is 6.44. The van der Waals surface area contributed by atoms with E-state index >= 15 is 0 Å². The summed E-state index contributed by atoms with van der Waals surface area (Å²) in [5.41, 5.74) is 12.8. The number of piperidine rings is 1. The molecular formula is C25H31ClN4O4. The number of nitrogens with one attached hydrogen (secondary N) is 1. The molecule has 182 valence electrons. The molecule has 3 amide bonds. The molecule has 34 heavy (non-hydrogen) atoms. The van der Waals surface area contributed by atoms with Crippen LogP contribution in [0.25, 0.3) is 0 Å². The number of aryl methyl sites for hydroxylation is 1. The first-order valence-electron chi connectivity index (χ1n) is 11.3. The molecule has 0 aromatic heterocycles. The molecular weight excluding hydrogens is 456 g/mol. The molecule has 5 N–H and O–H groups in total. The van der Waals surface area contributed by atoms with Gasteiger partial charge in [0.05, 0.1) is 12.5 Å². The van der Waals surface area contributed by atoms with Crippen molar-refractivity contribution in [2.24, 2.45) is 16.9 Å². The summed E-state index contributed by atoms with van der Waals surface area (Å²) in [4.78, 5) is 39.4. The Morgan fingerprint density at radius 3 is 2.50 bits per heavy atom. The van der Waals surface area contributed by atoms with Crippen molar-refractivity contribution in [1.29, 1.82) is 0 Å². The SMILES string of the molecule is CCc1ccc(NC(=O)OCC2(C(C(N)=O)c3ccccc3Cl)CCCN(C(=O)CN)C2)cc1. The average molecular weight is 487 g/mol. The van der Waals surface area contributed by atoms with Gasteiger partial charge in [-0.15, -0.1) is 0 Å². The molecule has 2 unspecified atom stereocenters. The number of benzene rings is 2. The standard InChI is InChI=1S/C25H31ClN4O4/c1-2-17-8-10-18(11-9-17)29-24(33)34-16-25(12-5-13-30(15-25)21(31)14-27)22(23(28)32)19-6-3-4-7-20(19)26/h3-4,6-11,22H,2,5,12-16,27H2,1H3,(H2,28,32)(H,29,33). The Bertz CT molecular complexity index is 1030. The van der Waals surface area contributed by atoms with Crippen molar-refractivity contribution >= 4 is 35.2 Å². The minimum absolute atomic E-state index is 0.126. The van der Waals surface area contributed by atoms with Crippen molar-refractivity contribution in [2.75, 3.05) is 31.6 Å². The van der Waals surface area contributed by atoms with Gasteiger partial charge in [0.15, 0.2) is 0 Å². The lowest BCUT2D eigenvalue weighted by Crippen LogP contribution is -2.54. The average Bonchev–Trinajstić information content (AvgIpc) is 2.84. The molecule has 0 bridgehead atoms. The molecule has 1 heterocycles. The van der Waals surface area contributed by atoms with E-state index < -0.39 is 23.3 Å². The van der Waals surface area contributed by atoms with Crippen LogP contribution in [0.15, 0.2) is 48.5 Å². The van der Waals surface area contributed by atoms with Gasteiger partial charge >= 0.3 is 6.09 Å². The summed E-state index contributed by atoms with van der Waals surface area (Å²) in [6, 6.07) is 14.4. The molecule has 0 spiro atoms. The maximum Gasteiger partial charge on any atom is 0.411 e. The van der Waals surface area contributed by atoms with E-state index in [1.807, 2.05) is 19.1 Å². The maximum absolute atomic E-state index is 12.8. The number of rotatable bonds is 8. The Labute approximate surface area is 204 Å². The highest BCUT2D eigenvalue weighted by molar-refractivity contribution is 6.31. The molecule has 2 atom stereocenters. The molecule has 8 nitrogen and oxygen atoms in total. The highest BCUT2D eigenvalue weighted by Crippen LogP contribution is 2.45. The fourth-order valence-electron chi connectivity index (χ4n) is 4.62. The molecule has 0 aliphatic carbocycles. The first kappa shape index (κ1) is 25.5. The number of primary amides is 1. The Morgan fingerprint density at radius 1 is 1.18 bits per heavy atom. The topological polar surface area (TPSA) is 128 Å². The third-order valence-corrected chi connectivity index (χ3v) is 6.69. The maximum atomic E-state index is 12.8. The second kappa shape index (κ2) is 11.4. The fourth-order valence-corrected chi connectivity index (χ4v) is 4.86. The molecule has 1 aliphatic rings. The lowest BCUT2D eigenvalue weighted by molar-refractivity contribution is -0.137. The summed E-state index contributed by atoms with van der Waals surface area (Å²) in [5.74, 6) is -1.72. The van der Waals surface area contributed by atoms with Crippen LogP contribution in [-0.2, 0) is 20.7 Å². The number of nitrogens with zero attached hydrogens (tertiary/aromatic N) is 1. The van der Waals surface area contributed by atoms with Crippen molar-refractivity contribution in [3.8, 4) is 0 Å². The minimum atomic E-state index is -0.955.